The highest BCUT2D eigenvalue weighted by Gasteiger charge is 2.37. The van der Waals surface area contributed by atoms with Gasteiger partial charge in [-0.25, -0.2) is 0 Å². The molecular formula is C14H21N3. The maximum atomic E-state index is 4.45. The molecule has 0 radical (unpaired) electrons. The van der Waals surface area contributed by atoms with E-state index in [-0.39, 0.29) is 0 Å². The van der Waals surface area contributed by atoms with Gasteiger partial charge in [0.1, 0.15) is 0 Å². The third-order valence-corrected chi connectivity index (χ3v) is 4.13. The molecular weight excluding hydrogens is 210 g/mol. The summed E-state index contributed by atoms with van der Waals surface area (Å²) >= 11 is 0. The monoisotopic (exact) mass is 231 g/mol. The fourth-order valence-corrected chi connectivity index (χ4v) is 3.10. The van der Waals surface area contributed by atoms with Crippen LogP contribution in [0.4, 0.5) is 5.69 Å². The second kappa shape index (κ2) is 4.30. The third-order valence-electron chi connectivity index (χ3n) is 4.13. The van der Waals surface area contributed by atoms with Gasteiger partial charge < -0.3 is 10.2 Å². The lowest BCUT2D eigenvalue weighted by molar-refractivity contribution is 0.578. The number of nitrogens with one attached hydrogen (secondary N) is 1. The average molecular weight is 231 g/mol. The van der Waals surface area contributed by atoms with Gasteiger partial charge in [0.15, 0.2) is 0 Å². The number of aromatic nitrogens is 1. The SMILES string of the molecule is CC(C)c1cc(N2CCC3CNCC32)ccn1. The Morgan fingerprint density at radius 1 is 1.41 bits per heavy atom. The number of pyridine rings is 1. The molecule has 3 heterocycles. The van der Waals surface area contributed by atoms with Crippen LogP contribution in [0.25, 0.3) is 0 Å². The Labute approximate surface area is 103 Å². The standard InChI is InChI=1S/C14H21N3/c1-10(2)13-7-12(3-5-16-13)17-6-4-11-8-15-9-14(11)17/h3,5,7,10-11,14-15H,4,6,8-9H2,1-2H3. The van der Waals surface area contributed by atoms with Gasteiger partial charge in [-0.05, 0) is 30.4 Å². The first-order chi connectivity index (χ1) is 8.25. The summed E-state index contributed by atoms with van der Waals surface area (Å²) in [5.74, 6) is 1.36. The number of rotatable bonds is 2. The van der Waals surface area contributed by atoms with Crippen molar-refractivity contribution in [2.45, 2.75) is 32.2 Å². The van der Waals surface area contributed by atoms with Crippen LogP contribution in [0.15, 0.2) is 18.3 Å². The number of anilines is 1. The highest BCUT2D eigenvalue weighted by Crippen LogP contribution is 2.32. The van der Waals surface area contributed by atoms with Crippen LogP contribution in [0.1, 0.15) is 31.9 Å². The summed E-state index contributed by atoms with van der Waals surface area (Å²) in [4.78, 5) is 7.02. The fourth-order valence-electron chi connectivity index (χ4n) is 3.10. The average Bonchev–Trinajstić information content (AvgIpc) is 2.90. The zero-order chi connectivity index (χ0) is 11.8. The van der Waals surface area contributed by atoms with Gasteiger partial charge in [-0.15, -0.1) is 0 Å². The van der Waals surface area contributed by atoms with Gasteiger partial charge in [0.25, 0.3) is 0 Å². The predicted octanol–water partition coefficient (Wildman–Crippen LogP) is 2.00. The lowest BCUT2D eigenvalue weighted by Gasteiger charge is -2.26. The first-order valence-electron chi connectivity index (χ1n) is 6.69. The Bertz CT molecular complexity index is 402. The second-order valence-corrected chi connectivity index (χ2v) is 5.56. The molecule has 0 aliphatic carbocycles. The van der Waals surface area contributed by atoms with E-state index in [4.69, 9.17) is 0 Å². The van der Waals surface area contributed by atoms with E-state index in [1.54, 1.807) is 0 Å². The van der Waals surface area contributed by atoms with E-state index in [0.717, 1.165) is 12.5 Å². The Morgan fingerprint density at radius 3 is 3.12 bits per heavy atom. The first-order valence-corrected chi connectivity index (χ1v) is 6.69. The number of hydrogen-bond donors (Lipinski definition) is 1. The van der Waals surface area contributed by atoms with Gasteiger partial charge in [0.2, 0.25) is 0 Å². The van der Waals surface area contributed by atoms with Crippen molar-refractivity contribution in [2.75, 3.05) is 24.5 Å². The molecule has 3 rings (SSSR count). The lowest BCUT2D eigenvalue weighted by atomic mass is 10.0. The zero-order valence-corrected chi connectivity index (χ0v) is 10.7. The molecule has 2 saturated heterocycles. The molecule has 1 aromatic heterocycles. The summed E-state index contributed by atoms with van der Waals surface area (Å²) in [7, 11) is 0. The van der Waals surface area contributed by atoms with Crippen LogP contribution in [-0.4, -0.2) is 30.7 Å². The third kappa shape index (κ3) is 1.93. The molecule has 1 N–H and O–H groups in total. The molecule has 3 heteroatoms. The van der Waals surface area contributed by atoms with Crippen molar-refractivity contribution < 1.29 is 0 Å². The van der Waals surface area contributed by atoms with Gasteiger partial charge in [-0.2, -0.15) is 0 Å². The van der Waals surface area contributed by atoms with Crippen molar-refractivity contribution in [3.8, 4) is 0 Å². The fraction of sp³-hybridized carbons (Fsp3) is 0.643. The smallest absolute Gasteiger partial charge is 0.0455 e. The number of hydrogen-bond acceptors (Lipinski definition) is 3. The summed E-state index contributed by atoms with van der Waals surface area (Å²) in [5.41, 5.74) is 2.57. The summed E-state index contributed by atoms with van der Waals surface area (Å²) in [5, 5.41) is 3.50. The quantitative estimate of drug-likeness (QED) is 0.844. The molecule has 17 heavy (non-hydrogen) atoms. The highest BCUT2D eigenvalue weighted by atomic mass is 15.2. The van der Waals surface area contributed by atoms with E-state index < -0.39 is 0 Å². The summed E-state index contributed by atoms with van der Waals surface area (Å²) in [6, 6.07) is 5.13. The summed E-state index contributed by atoms with van der Waals surface area (Å²) in [6.45, 7) is 7.96. The van der Waals surface area contributed by atoms with Crippen molar-refractivity contribution in [2.24, 2.45) is 5.92 Å². The molecule has 0 saturated carbocycles. The van der Waals surface area contributed by atoms with Gasteiger partial charge in [0, 0.05) is 43.3 Å². The molecule has 0 bridgehead atoms. The summed E-state index contributed by atoms with van der Waals surface area (Å²) < 4.78 is 0. The largest absolute Gasteiger partial charge is 0.367 e. The minimum Gasteiger partial charge on any atom is -0.367 e. The molecule has 2 unspecified atom stereocenters. The van der Waals surface area contributed by atoms with Gasteiger partial charge in [0.05, 0.1) is 0 Å². The van der Waals surface area contributed by atoms with Crippen molar-refractivity contribution in [3.05, 3.63) is 24.0 Å². The van der Waals surface area contributed by atoms with E-state index in [9.17, 15) is 0 Å². The van der Waals surface area contributed by atoms with Crippen LogP contribution in [0.3, 0.4) is 0 Å². The van der Waals surface area contributed by atoms with E-state index in [2.05, 4.69) is 41.2 Å². The number of nitrogens with zero attached hydrogens (tertiary/aromatic N) is 2. The van der Waals surface area contributed by atoms with Crippen LogP contribution in [0.5, 0.6) is 0 Å². The van der Waals surface area contributed by atoms with E-state index in [1.807, 2.05) is 6.20 Å². The maximum Gasteiger partial charge on any atom is 0.0455 e. The molecule has 0 spiro atoms. The molecule has 0 amide bonds. The molecule has 92 valence electrons. The van der Waals surface area contributed by atoms with E-state index >= 15 is 0 Å². The Kier molecular flexibility index (Phi) is 2.79. The lowest BCUT2D eigenvalue weighted by Crippen LogP contribution is -2.34. The van der Waals surface area contributed by atoms with Crippen LogP contribution >= 0.6 is 0 Å². The normalized spacial score (nSPS) is 27.8. The number of fused-ring (bicyclic) bond motifs is 1. The molecule has 2 atom stereocenters. The first kappa shape index (κ1) is 11.0. The molecule has 1 aromatic rings. The van der Waals surface area contributed by atoms with Gasteiger partial charge in [-0.1, -0.05) is 13.8 Å². The van der Waals surface area contributed by atoms with Gasteiger partial charge in [-0.3, -0.25) is 4.98 Å². The topological polar surface area (TPSA) is 28.2 Å². The minimum atomic E-state index is 0.509. The zero-order valence-electron chi connectivity index (χ0n) is 10.7. The van der Waals surface area contributed by atoms with Crippen molar-refractivity contribution in [1.29, 1.82) is 0 Å². The minimum absolute atomic E-state index is 0.509. The van der Waals surface area contributed by atoms with Crippen LogP contribution in [0.2, 0.25) is 0 Å². The Balaban J connectivity index is 1.86. The molecule has 2 aliphatic heterocycles. The van der Waals surface area contributed by atoms with Crippen molar-refractivity contribution in [3.63, 3.8) is 0 Å². The predicted molar refractivity (Wildman–Crippen MR) is 70.4 cm³/mol. The molecule has 3 nitrogen and oxygen atoms in total. The molecule has 2 aliphatic rings. The second-order valence-electron chi connectivity index (χ2n) is 5.56. The molecule has 0 aromatic carbocycles. The maximum absolute atomic E-state index is 4.45. The van der Waals surface area contributed by atoms with Crippen molar-refractivity contribution in [1.82, 2.24) is 10.3 Å². The van der Waals surface area contributed by atoms with Crippen LogP contribution in [0, 0.1) is 5.92 Å². The van der Waals surface area contributed by atoms with E-state index in [0.29, 0.717) is 12.0 Å². The van der Waals surface area contributed by atoms with Crippen LogP contribution < -0.4 is 10.2 Å². The highest BCUT2D eigenvalue weighted by molar-refractivity contribution is 5.49. The van der Waals surface area contributed by atoms with E-state index in [1.165, 1.54) is 30.9 Å². The van der Waals surface area contributed by atoms with Crippen LogP contribution in [-0.2, 0) is 0 Å². The Morgan fingerprint density at radius 2 is 2.29 bits per heavy atom. The van der Waals surface area contributed by atoms with Gasteiger partial charge >= 0.3 is 0 Å². The summed E-state index contributed by atoms with van der Waals surface area (Å²) in [6.07, 6.45) is 3.29. The van der Waals surface area contributed by atoms with Crippen molar-refractivity contribution >= 4 is 5.69 Å². The Hall–Kier alpha value is -1.09. The molecule has 2 fully saturated rings.